The second-order valence-corrected chi connectivity index (χ2v) is 6.51. The SMILES string of the molecule is N#CC1(NC(=O)CSc2n[nH]c(-c3ccccc3)n2)CCCC1. The van der Waals surface area contributed by atoms with Gasteiger partial charge >= 0.3 is 0 Å². The van der Waals surface area contributed by atoms with Gasteiger partial charge in [0.05, 0.1) is 11.8 Å². The summed E-state index contributed by atoms with van der Waals surface area (Å²) in [6.45, 7) is 0. The number of thioether (sulfide) groups is 1. The molecule has 23 heavy (non-hydrogen) atoms. The molecule has 1 aliphatic rings. The molecule has 0 bridgehead atoms. The monoisotopic (exact) mass is 327 g/mol. The molecule has 1 aromatic carbocycles. The predicted octanol–water partition coefficient (Wildman–Crippen LogP) is 2.52. The van der Waals surface area contributed by atoms with Crippen molar-refractivity contribution in [2.45, 2.75) is 36.4 Å². The molecule has 0 unspecified atom stereocenters. The highest BCUT2D eigenvalue weighted by Crippen LogP contribution is 2.29. The topological polar surface area (TPSA) is 94.5 Å². The molecule has 1 aromatic heterocycles. The van der Waals surface area contributed by atoms with Crippen molar-refractivity contribution in [3.8, 4) is 17.5 Å². The van der Waals surface area contributed by atoms with Crippen LogP contribution in [0.2, 0.25) is 0 Å². The van der Waals surface area contributed by atoms with E-state index in [1.165, 1.54) is 11.8 Å². The zero-order chi connectivity index (χ0) is 16.1. The number of rotatable bonds is 5. The molecule has 118 valence electrons. The lowest BCUT2D eigenvalue weighted by atomic mass is 10.0. The number of benzene rings is 1. The summed E-state index contributed by atoms with van der Waals surface area (Å²) in [6.07, 6.45) is 3.45. The highest BCUT2D eigenvalue weighted by atomic mass is 32.2. The van der Waals surface area contributed by atoms with E-state index in [4.69, 9.17) is 0 Å². The lowest BCUT2D eigenvalue weighted by Crippen LogP contribution is -2.45. The number of carbonyl (C=O) groups excluding carboxylic acids is 1. The number of aromatic amines is 1. The average molecular weight is 327 g/mol. The first-order valence-corrected chi connectivity index (χ1v) is 8.52. The van der Waals surface area contributed by atoms with Crippen LogP contribution in [-0.2, 0) is 4.79 Å². The van der Waals surface area contributed by atoms with Gasteiger partial charge in [0.2, 0.25) is 11.1 Å². The minimum atomic E-state index is -0.675. The van der Waals surface area contributed by atoms with Gasteiger partial charge in [0.15, 0.2) is 5.82 Å². The van der Waals surface area contributed by atoms with E-state index in [9.17, 15) is 10.1 Å². The summed E-state index contributed by atoms with van der Waals surface area (Å²) in [4.78, 5) is 16.4. The lowest BCUT2D eigenvalue weighted by molar-refractivity contribution is -0.119. The van der Waals surface area contributed by atoms with Gasteiger partial charge in [-0.3, -0.25) is 9.89 Å². The van der Waals surface area contributed by atoms with Crippen LogP contribution in [0.25, 0.3) is 11.4 Å². The van der Waals surface area contributed by atoms with Crippen molar-refractivity contribution >= 4 is 17.7 Å². The van der Waals surface area contributed by atoms with Gasteiger partial charge < -0.3 is 5.32 Å². The Bertz CT molecular complexity index is 716. The number of amides is 1. The zero-order valence-electron chi connectivity index (χ0n) is 12.6. The first kappa shape index (κ1) is 15.6. The predicted molar refractivity (Wildman–Crippen MR) is 87.5 cm³/mol. The Labute approximate surface area is 138 Å². The third kappa shape index (κ3) is 3.71. The van der Waals surface area contributed by atoms with E-state index in [0.717, 1.165) is 31.2 Å². The van der Waals surface area contributed by atoms with Crippen molar-refractivity contribution in [2.75, 3.05) is 5.75 Å². The van der Waals surface area contributed by atoms with Gasteiger partial charge in [0, 0.05) is 5.56 Å². The van der Waals surface area contributed by atoms with Gasteiger partial charge in [0.25, 0.3) is 0 Å². The minimum Gasteiger partial charge on any atom is -0.337 e. The summed E-state index contributed by atoms with van der Waals surface area (Å²) in [7, 11) is 0. The second kappa shape index (κ2) is 6.84. The second-order valence-electron chi connectivity index (χ2n) is 5.57. The highest BCUT2D eigenvalue weighted by Gasteiger charge is 2.35. The Morgan fingerprint density at radius 2 is 2.09 bits per heavy atom. The van der Waals surface area contributed by atoms with Crippen molar-refractivity contribution in [1.29, 1.82) is 5.26 Å². The van der Waals surface area contributed by atoms with Crippen LogP contribution in [0.15, 0.2) is 35.5 Å². The molecule has 0 aliphatic heterocycles. The van der Waals surface area contributed by atoms with Crippen LogP contribution in [0.3, 0.4) is 0 Å². The van der Waals surface area contributed by atoms with Crippen molar-refractivity contribution < 1.29 is 4.79 Å². The number of aromatic nitrogens is 3. The van der Waals surface area contributed by atoms with Crippen molar-refractivity contribution in [1.82, 2.24) is 20.5 Å². The Morgan fingerprint density at radius 1 is 1.35 bits per heavy atom. The summed E-state index contributed by atoms with van der Waals surface area (Å²) in [5.74, 6) is 0.734. The Hall–Kier alpha value is -2.33. The Kier molecular flexibility index (Phi) is 4.63. The molecule has 3 rings (SSSR count). The normalized spacial score (nSPS) is 16.0. The molecule has 0 atom stereocenters. The first-order chi connectivity index (χ1) is 11.2. The van der Waals surface area contributed by atoms with E-state index in [1.54, 1.807) is 0 Å². The standard InChI is InChI=1S/C16H17N5OS/c17-11-16(8-4-5-9-16)19-13(22)10-23-15-18-14(20-21-15)12-6-2-1-3-7-12/h1-3,6-7H,4-5,8-10H2,(H,19,22)(H,18,20,21). The summed E-state index contributed by atoms with van der Waals surface area (Å²) < 4.78 is 0. The largest absolute Gasteiger partial charge is 0.337 e. The number of nitriles is 1. The molecule has 1 aliphatic carbocycles. The van der Waals surface area contributed by atoms with E-state index in [0.29, 0.717) is 11.0 Å². The van der Waals surface area contributed by atoms with E-state index < -0.39 is 5.54 Å². The summed E-state index contributed by atoms with van der Waals surface area (Å²) in [5, 5.41) is 19.7. The molecule has 0 saturated heterocycles. The van der Waals surface area contributed by atoms with E-state index >= 15 is 0 Å². The molecule has 1 amide bonds. The molecule has 1 heterocycles. The molecular formula is C16H17N5OS. The molecule has 0 radical (unpaired) electrons. The number of carbonyl (C=O) groups is 1. The van der Waals surface area contributed by atoms with Crippen LogP contribution in [0, 0.1) is 11.3 Å². The van der Waals surface area contributed by atoms with Crippen LogP contribution >= 0.6 is 11.8 Å². The summed E-state index contributed by atoms with van der Waals surface area (Å²) >= 11 is 1.26. The summed E-state index contributed by atoms with van der Waals surface area (Å²) in [5.41, 5.74) is 0.275. The molecular weight excluding hydrogens is 310 g/mol. The molecule has 2 aromatic rings. The maximum Gasteiger partial charge on any atom is 0.231 e. The maximum absolute atomic E-state index is 12.1. The van der Waals surface area contributed by atoms with Crippen molar-refractivity contribution in [2.24, 2.45) is 0 Å². The van der Waals surface area contributed by atoms with Gasteiger partial charge in [-0.1, -0.05) is 42.1 Å². The third-order valence-electron chi connectivity index (χ3n) is 3.89. The van der Waals surface area contributed by atoms with Crippen LogP contribution < -0.4 is 5.32 Å². The lowest BCUT2D eigenvalue weighted by Gasteiger charge is -2.21. The first-order valence-electron chi connectivity index (χ1n) is 7.54. The zero-order valence-corrected chi connectivity index (χ0v) is 13.4. The third-order valence-corrected chi connectivity index (χ3v) is 4.74. The highest BCUT2D eigenvalue weighted by molar-refractivity contribution is 7.99. The molecule has 0 spiro atoms. The van der Waals surface area contributed by atoms with Crippen molar-refractivity contribution in [3.05, 3.63) is 30.3 Å². The molecule has 1 saturated carbocycles. The van der Waals surface area contributed by atoms with Crippen molar-refractivity contribution in [3.63, 3.8) is 0 Å². The Balaban J connectivity index is 1.56. The number of hydrogen-bond donors (Lipinski definition) is 2. The van der Waals surface area contributed by atoms with Crippen LogP contribution in [-0.4, -0.2) is 32.4 Å². The molecule has 6 nitrogen and oxygen atoms in total. The van der Waals surface area contributed by atoms with Crippen LogP contribution in [0.1, 0.15) is 25.7 Å². The fourth-order valence-electron chi connectivity index (χ4n) is 2.71. The van der Waals surface area contributed by atoms with E-state index in [-0.39, 0.29) is 11.7 Å². The minimum absolute atomic E-state index is 0.149. The molecule has 7 heteroatoms. The van der Waals surface area contributed by atoms with Gasteiger partial charge in [-0.2, -0.15) is 5.26 Å². The number of H-pyrrole nitrogens is 1. The Morgan fingerprint density at radius 3 is 2.78 bits per heavy atom. The molecule has 2 N–H and O–H groups in total. The smallest absolute Gasteiger partial charge is 0.231 e. The van der Waals surface area contributed by atoms with Crippen LogP contribution in [0.4, 0.5) is 0 Å². The van der Waals surface area contributed by atoms with E-state index in [2.05, 4.69) is 26.6 Å². The fourth-order valence-corrected chi connectivity index (χ4v) is 3.31. The average Bonchev–Trinajstić information content (AvgIpc) is 3.24. The van der Waals surface area contributed by atoms with Crippen LogP contribution in [0.5, 0.6) is 0 Å². The fraction of sp³-hybridized carbons (Fsp3) is 0.375. The number of nitrogens with zero attached hydrogens (tertiary/aromatic N) is 3. The van der Waals surface area contributed by atoms with Gasteiger partial charge in [0.1, 0.15) is 5.54 Å². The number of hydrogen-bond acceptors (Lipinski definition) is 5. The molecule has 1 fully saturated rings. The summed E-state index contributed by atoms with van der Waals surface area (Å²) in [6, 6.07) is 11.9. The van der Waals surface area contributed by atoms with Gasteiger partial charge in [-0.05, 0) is 25.7 Å². The quantitative estimate of drug-likeness (QED) is 0.823. The van der Waals surface area contributed by atoms with Gasteiger partial charge in [-0.15, -0.1) is 5.10 Å². The maximum atomic E-state index is 12.1. The number of nitrogens with one attached hydrogen (secondary N) is 2. The van der Waals surface area contributed by atoms with E-state index in [1.807, 2.05) is 30.3 Å². The van der Waals surface area contributed by atoms with Gasteiger partial charge in [-0.25, -0.2) is 4.98 Å².